The van der Waals surface area contributed by atoms with Gasteiger partial charge in [-0.1, -0.05) is 29.6 Å². The fourth-order valence-corrected chi connectivity index (χ4v) is 2.32. The first-order valence-electron chi connectivity index (χ1n) is 5.80. The zero-order valence-corrected chi connectivity index (χ0v) is 11.2. The highest BCUT2D eigenvalue weighted by molar-refractivity contribution is 7.03. The maximum absolute atomic E-state index is 4.17. The topological polar surface area (TPSA) is 37.8 Å². The molecule has 0 radical (unpaired) electrons. The maximum atomic E-state index is 4.17. The molecule has 17 heavy (non-hydrogen) atoms. The molecule has 0 bridgehead atoms. The first-order valence-corrected chi connectivity index (χ1v) is 6.63. The van der Waals surface area contributed by atoms with Gasteiger partial charge in [0.05, 0.1) is 11.7 Å². The summed E-state index contributed by atoms with van der Waals surface area (Å²) in [5.41, 5.74) is 4.89. The molecule has 0 aliphatic heterocycles. The third-order valence-electron chi connectivity index (χ3n) is 2.95. The predicted octanol–water partition coefficient (Wildman–Crippen LogP) is 2.85. The molecule has 0 aliphatic carbocycles. The van der Waals surface area contributed by atoms with Crippen LogP contribution < -0.4 is 5.32 Å². The second-order valence-corrected chi connectivity index (χ2v) is 4.77. The first kappa shape index (κ1) is 12.2. The summed E-state index contributed by atoms with van der Waals surface area (Å²) in [7, 11) is 0. The molecule has 4 heteroatoms. The summed E-state index contributed by atoms with van der Waals surface area (Å²) < 4.78 is 3.94. The van der Waals surface area contributed by atoms with Gasteiger partial charge in [0, 0.05) is 5.38 Å². The predicted molar refractivity (Wildman–Crippen MR) is 71.3 cm³/mol. The van der Waals surface area contributed by atoms with Crippen LogP contribution in [0.4, 0.5) is 0 Å². The van der Waals surface area contributed by atoms with Crippen molar-refractivity contribution in [2.75, 3.05) is 6.54 Å². The smallest absolute Gasteiger partial charge is 0.0970 e. The molecule has 90 valence electrons. The normalized spacial score (nSPS) is 12.6. The molecule has 0 aliphatic rings. The Morgan fingerprint density at radius 3 is 2.71 bits per heavy atom. The molecule has 2 aromatic rings. The van der Waals surface area contributed by atoms with Gasteiger partial charge in [-0.15, -0.1) is 5.10 Å². The lowest BCUT2D eigenvalue weighted by atomic mass is 9.99. The van der Waals surface area contributed by atoms with Gasteiger partial charge < -0.3 is 5.32 Å². The number of nitrogens with zero attached hydrogens (tertiary/aromatic N) is 2. The van der Waals surface area contributed by atoms with Gasteiger partial charge in [-0.05, 0) is 48.6 Å². The number of hydrogen-bond donors (Lipinski definition) is 1. The fraction of sp³-hybridized carbons (Fsp3) is 0.385. The number of nitrogens with one attached hydrogen (secondary N) is 1. The standard InChI is InChI=1S/C13H17N3S/c1-4-14-13(12-8-17-16-15-12)11-6-5-9(2)10(3)7-11/h5-8,13-14H,4H2,1-3H3. The average molecular weight is 247 g/mol. The van der Waals surface area contributed by atoms with Crippen molar-refractivity contribution < 1.29 is 0 Å². The van der Waals surface area contributed by atoms with Gasteiger partial charge >= 0.3 is 0 Å². The largest absolute Gasteiger partial charge is 0.305 e. The zero-order valence-electron chi connectivity index (χ0n) is 10.4. The van der Waals surface area contributed by atoms with E-state index in [0.717, 1.165) is 12.2 Å². The Labute approximate surface area is 106 Å². The Balaban J connectivity index is 2.35. The SMILES string of the molecule is CCNC(c1ccc(C)c(C)c1)c1csnn1. The molecule has 1 N–H and O–H groups in total. The molecule has 1 aromatic heterocycles. The van der Waals surface area contributed by atoms with Crippen LogP contribution in [0.2, 0.25) is 0 Å². The molecule has 3 nitrogen and oxygen atoms in total. The van der Waals surface area contributed by atoms with E-state index in [0.29, 0.717) is 0 Å². The van der Waals surface area contributed by atoms with Crippen LogP contribution >= 0.6 is 11.5 Å². The van der Waals surface area contributed by atoms with E-state index in [-0.39, 0.29) is 6.04 Å². The van der Waals surface area contributed by atoms with Gasteiger partial charge in [-0.2, -0.15) is 0 Å². The maximum Gasteiger partial charge on any atom is 0.0970 e. The van der Waals surface area contributed by atoms with Crippen LogP contribution in [0.5, 0.6) is 0 Å². The van der Waals surface area contributed by atoms with Gasteiger partial charge in [-0.25, -0.2) is 0 Å². The lowest BCUT2D eigenvalue weighted by molar-refractivity contribution is 0.613. The van der Waals surface area contributed by atoms with Gasteiger partial charge in [0.15, 0.2) is 0 Å². The van der Waals surface area contributed by atoms with E-state index in [1.165, 1.54) is 28.2 Å². The van der Waals surface area contributed by atoms with Crippen molar-refractivity contribution in [3.63, 3.8) is 0 Å². The van der Waals surface area contributed by atoms with Crippen molar-refractivity contribution >= 4 is 11.5 Å². The van der Waals surface area contributed by atoms with E-state index in [9.17, 15) is 0 Å². The van der Waals surface area contributed by atoms with Gasteiger partial charge in [-0.3, -0.25) is 0 Å². The van der Waals surface area contributed by atoms with Crippen LogP contribution in [0, 0.1) is 13.8 Å². The number of rotatable bonds is 4. The number of aromatic nitrogens is 2. The lowest BCUT2D eigenvalue weighted by Gasteiger charge is -2.16. The summed E-state index contributed by atoms with van der Waals surface area (Å²) in [5, 5.41) is 9.62. The zero-order chi connectivity index (χ0) is 12.3. The molecule has 0 amide bonds. The summed E-state index contributed by atoms with van der Waals surface area (Å²) in [5.74, 6) is 0. The number of benzene rings is 1. The van der Waals surface area contributed by atoms with E-state index >= 15 is 0 Å². The highest BCUT2D eigenvalue weighted by Crippen LogP contribution is 2.23. The van der Waals surface area contributed by atoms with Gasteiger partial charge in [0.25, 0.3) is 0 Å². The second kappa shape index (κ2) is 5.38. The van der Waals surface area contributed by atoms with Crippen LogP contribution in [-0.2, 0) is 0 Å². The van der Waals surface area contributed by atoms with Crippen LogP contribution in [0.15, 0.2) is 23.6 Å². The minimum absolute atomic E-state index is 0.151. The van der Waals surface area contributed by atoms with E-state index in [4.69, 9.17) is 0 Å². The van der Waals surface area contributed by atoms with E-state index < -0.39 is 0 Å². The van der Waals surface area contributed by atoms with Gasteiger partial charge in [0.2, 0.25) is 0 Å². The highest BCUT2D eigenvalue weighted by atomic mass is 32.1. The van der Waals surface area contributed by atoms with Crippen molar-refractivity contribution in [3.8, 4) is 0 Å². The lowest BCUT2D eigenvalue weighted by Crippen LogP contribution is -2.22. The monoisotopic (exact) mass is 247 g/mol. The van der Waals surface area contributed by atoms with E-state index in [1.54, 1.807) is 0 Å². The molecule has 0 saturated carbocycles. The summed E-state index contributed by atoms with van der Waals surface area (Å²) in [4.78, 5) is 0. The molecule has 2 rings (SSSR count). The van der Waals surface area contributed by atoms with Crippen LogP contribution in [0.3, 0.4) is 0 Å². The molecule has 1 unspecified atom stereocenters. The number of aryl methyl sites for hydroxylation is 2. The van der Waals surface area contributed by atoms with Crippen LogP contribution in [-0.4, -0.2) is 16.1 Å². The molecular formula is C13H17N3S. The second-order valence-electron chi connectivity index (χ2n) is 4.16. The van der Waals surface area contributed by atoms with Gasteiger partial charge in [0.1, 0.15) is 0 Å². The van der Waals surface area contributed by atoms with Crippen molar-refractivity contribution in [2.24, 2.45) is 0 Å². The summed E-state index contributed by atoms with van der Waals surface area (Å²) in [6, 6.07) is 6.70. The van der Waals surface area contributed by atoms with Crippen molar-refractivity contribution in [1.82, 2.24) is 14.9 Å². The van der Waals surface area contributed by atoms with Crippen LogP contribution in [0.1, 0.15) is 35.3 Å². The molecule has 1 atom stereocenters. The summed E-state index contributed by atoms with van der Waals surface area (Å²) in [6.45, 7) is 7.29. The fourth-order valence-electron chi connectivity index (χ4n) is 1.84. The average Bonchev–Trinajstić information content (AvgIpc) is 2.83. The Bertz CT molecular complexity index is 479. The Morgan fingerprint density at radius 2 is 2.12 bits per heavy atom. The molecular weight excluding hydrogens is 230 g/mol. The molecule has 0 saturated heterocycles. The van der Waals surface area contributed by atoms with Crippen molar-refractivity contribution in [2.45, 2.75) is 26.8 Å². The third kappa shape index (κ3) is 2.70. The van der Waals surface area contributed by atoms with Crippen LogP contribution in [0.25, 0.3) is 0 Å². The summed E-state index contributed by atoms with van der Waals surface area (Å²) >= 11 is 1.39. The highest BCUT2D eigenvalue weighted by Gasteiger charge is 2.15. The first-order chi connectivity index (χ1) is 8.22. The van der Waals surface area contributed by atoms with Crippen molar-refractivity contribution in [3.05, 3.63) is 46.0 Å². The summed E-state index contributed by atoms with van der Waals surface area (Å²) in [6.07, 6.45) is 0. The van der Waals surface area contributed by atoms with E-state index in [2.05, 4.69) is 53.9 Å². The third-order valence-corrected chi connectivity index (χ3v) is 3.47. The Morgan fingerprint density at radius 1 is 1.29 bits per heavy atom. The van der Waals surface area contributed by atoms with Crippen molar-refractivity contribution in [1.29, 1.82) is 0 Å². The number of hydrogen-bond acceptors (Lipinski definition) is 4. The minimum Gasteiger partial charge on any atom is -0.305 e. The molecule has 0 spiro atoms. The minimum atomic E-state index is 0.151. The Kier molecular flexibility index (Phi) is 3.86. The Hall–Kier alpha value is -1.26. The van der Waals surface area contributed by atoms with E-state index in [1.807, 2.05) is 5.38 Å². The molecule has 0 fully saturated rings. The molecule has 1 aromatic carbocycles. The quantitative estimate of drug-likeness (QED) is 0.902. The molecule has 1 heterocycles.